The lowest BCUT2D eigenvalue weighted by Gasteiger charge is -2.56. The molecule has 6 aliphatic carbocycles. The third-order valence-electron chi connectivity index (χ3n) is 15.8. The lowest BCUT2D eigenvalue weighted by atomic mass is 9.52. The zero-order chi connectivity index (χ0) is 37.0. The minimum atomic E-state index is -0.261. The van der Waals surface area contributed by atoms with Crippen LogP contribution in [-0.2, 0) is 14.2 Å². The first-order valence-corrected chi connectivity index (χ1v) is 23.6. The van der Waals surface area contributed by atoms with Gasteiger partial charge in [0.25, 0.3) is 0 Å². The van der Waals surface area contributed by atoms with Crippen molar-refractivity contribution in [2.24, 2.45) is 46.3 Å². The van der Waals surface area contributed by atoms with Crippen LogP contribution in [0.4, 0.5) is 0 Å². The average Bonchev–Trinajstić information content (AvgIpc) is 3.21. The van der Waals surface area contributed by atoms with Crippen molar-refractivity contribution in [2.75, 3.05) is 26.4 Å². The van der Waals surface area contributed by atoms with E-state index in [1.807, 2.05) is 0 Å². The van der Waals surface area contributed by atoms with E-state index >= 15 is 0 Å². The molecule has 6 rings (SSSR count). The van der Waals surface area contributed by atoms with E-state index in [0.717, 1.165) is 62.9 Å². The average molecular weight is 731 g/mol. The Morgan fingerprint density at radius 2 is 0.811 bits per heavy atom. The normalized spacial score (nSPS) is 36.8. The highest BCUT2D eigenvalue weighted by Gasteiger charge is 2.56. The summed E-state index contributed by atoms with van der Waals surface area (Å²) < 4.78 is 20.7. The lowest BCUT2D eigenvalue weighted by Crippen LogP contribution is -2.55. The molecule has 0 aliphatic heterocycles. The molecule has 4 fully saturated rings. The summed E-state index contributed by atoms with van der Waals surface area (Å²) in [6, 6.07) is 0. The molecule has 0 radical (unpaired) electrons. The maximum absolute atomic E-state index is 7.06. The van der Waals surface area contributed by atoms with Gasteiger partial charge >= 0.3 is 0 Å². The van der Waals surface area contributed by atoms with Gasteiger partial charge in [-0.3, -0.25) is 0 Å². The summed E-state index contributed by atoms with van der Waals surface area (Å²) in [5.41, 5.74) is -0.0393. The fourth-order valence-electron chi connectivity index (χ4n) is 13.0. The lowest BCUT2D eigenvalue weighted by molar-refractivity contribution is -0.126. The van der Waals surface area contributed by atoms with Crippen molar-refractivity contribution in [3.63, 3.8) is 0 Å². The third kappa shape index (κ3) is 9.20. The molecule has 0 bridgehead atoms. The molecule has 0 amide bonds. The van der Waals surface area contributed by atoms with Crippen LogP contribution >= 0.6 is 0 Å². The van der Waals surface area contributed by atoms with Crippen molar-refractivity contribution >= 4 is 0 Å². The van der Waals surface area contributed by atoms with Crippen LogP contribution < -0.4 is 0 Å². The van der Waals surface area contributed by atoms with E-state index in [9.17, 15) is 0 Å². The topological polar surface area (TPSA) is 27.7 Å². The van der Waals surface area contributed by atoms with E-state index in [0.29, 0.717) is 11.8 Å². The Morgan fingerprint density at radius 1 is 0.453 bits per heavy atom. The standard InChI is InChI=1S/C50H82O3/c1-5-15-41-17-21-45(22-18-41)47(29-11-9-12-30-47)49(52-37-7-3)33-25-43(26-34-49)39-51-40-44-27-35-50(36-28-44,53-38-8-4)48(31-13-10-14-32-48)46-23-19-42(16-6-2)20-24-46/h25-28,33-36,41-46H,5-24,29-32,37-40H2,1-4H3/t41-,42-,43-,44-,45-,46-,49-,50-. The second-order valence-corrected chi connectivity index (χ2v) is 19.0. The van der Waals surface area contributed by atoms with Gasteiger partial charge in [-0.05, 0) is 87.9 Å². The Morgan fingerprint density at radius 3 is 1.13 bits per heavy atom. The zero-order valence-electron chi connectivity index (χ0n) is 35.1. The van der Waals surface area contributed by atoms with Crippen LogP contribution in [0.3, 0.4) is 0 Å². The zero-order valence-corrected chi connectivity index (χ0v) is 35.1. The maximum Gasteiger partial charge on any atom is 0.110 e. The van der Waals surface area contributed by atoms with E-state index in [1.165, 1.54) is 141 Å². The van der Waals surface area contributed by atoms with E-state index in [-0.39, 0.29) is 22.0 Å². The molecule has 0 aromatic carbocycles. The molecule has 0 N–H and O–H groups in total. The molecule has 3 nitrogen and oxygen atoms in total. The molecule has 300 valence electrons. The fourth-order valence-corrected chi connectivity index (χ4v) is 13.0. The first kappa shape index (κ1) is 41.5. The Hall–Kier alpha value is -1.16. The number of rotatable bonds is 18. The minimum absolute atomic E-state index is 0.241. The summed E-state index contributed by atoms with van der Waals surface area (Å²) in [6.45, 7) is 12.4. The smallest absolute Gasteiger partial charge is 0.110 e. The maximum atomic E-state index is 7.06. The van der Waals surface area contributed by atoms with Gasteiger partial charge in [0.15, 0.2) is 0 Å². The predicted octanol–water partition coefficient (Wildman–Crippen LogP) is 13.9. The summed E-state index contributed by atoms with van der Waals surface area (Å²) in [5.74, 6) is 4.06. The molecule has 0 aromatic rings. The Balaban J connectivity index is 1.10. The quantitative estimate of drug-likeness (QED) is 0.131. The van der Waals surface area contributed by atoms with Gasteiger partial charge in [-0.25, -0.2) is 0 Å². The van der Waals surface area contributed by atoms with Crippen molar-refractivity contribution in [1.82, 2.24) is 0 Å². The first-order valence-electron chi connectivity index (χ1n) is 23.6. The molecule has 0 atom stereocenters. The largest absolute Gasteiger partial charge is 0.380 e. The van der Waals surface area contributed by atoms with Gasteiger partial charge in [0.05, 0.1) is 13.2 Å². The fraction of sp³-hybridized carbons (Fsp3) is 0.840. The van der Waals surface area contributed by atoms with Gasteiger partial charge in [0.1, 0.15) is 11.2 Å². The number of hydrogen-bond donors (Lipinski definition) is 0. The molecule has 6 aliphatic rings. The van der Waals surface area contributed by atoms with Crippen molar-refractivity contribution in [1.29, 1.82) is 0 Å². The van der Waals surface area contributed by atoms with Crippen LogP contribution in [0.2, 0.25) is 0 Å². The molecule has 0 aromatic heterocycles. The van der Waals surface area contributed by atoms with E-state index in [4.69, 9.17) is 14.2 Å². The highest BCUT2D eigenvalue weighted by molar-refractivity contribution is 5.31. The van der Waals surface area contributed by atoms with Crippen LogP contribution in [0.1, 0.15) is 182 Å². The van der Waals surface area contributed by atoms with E-state index in [2.05, 4.69) is 76.3 Å². The van der Waals surface area contributed by atoms with Gasteiger partial charge in [0.2, 0.25) is 0 Å². The monoisotopic (exact) mass is 731 g/mol. The summed E-state index contributed by atoms with van der Waals surface area (Å²) in [5, 5.41) is 0. The second-order valence-electron chi connectivity index (χ2n) is 19.0. The third-order valence-corrected chi connectivity index (χ3v) is 15.8. The molecule has 0 unspecified atom stereocenters. The Kier molecular flexibility index (Phi) is 15.5. The second kappa shape index (κ2) is 19.8. The van der Waals surface area contributed by atoms with E-state index < -0.39 is 0 Å². The van der Waals surface area contributed by atoms with Crippen molar-refractivity contribution < 1.29 is 14.2 Å². The highest BCUT2D eigenvalue weighted by atomic mass is 16.5. The Bertz CT molecular complexity index is 1060. The van der Waals surface area contributed by atoms with Crippen LogP contribution in [-0.4, -0.2) is 37.6 Å². The van der Waals surface area contributed by atoms with Gasteiger partial charge in [-0.2, -0.15) is 0 Å². The molecule has 3 heteroatoms. The first-order chi connectivity index (χ1) is 26.0. The van der Waals surface area contributed by atoms with E-state index in [1.54, 1.807) is 0 Å². The molecule has 0 saturated heterocycles. The van der Waals surface area contributed by atoms with Gasteiger partial charge < -0.3 is 14.2 Å². The molecule has 0 spiro atoms. The van der Waals surface area contributed by atoms with Gasteiger partial charge in [-0.15, -0.1) is 0 Å². The molecule has 4 saturated carbocycles. The predicted molar refractivity (Wildman–Crippen MR) is 224 cm³/mol. The molecular weight excluding hydrogens is 649 g/mol. The molecular formula is C50H82O3. The van der Waals surface area contributed by atoms with Crippen molar-refractivity contribution in [2.45, 2.75) is 193 Å². The molecule has 0 heterocycles. The Labute approximate surface area is 327 Å². The van der Waals surface area contributed by atoms with Gasteiger partial charge in [-0.1, -0.05) is 166 Å². The van der Waals surface area contributed by atoms with Crippen LogP contribution in [0.25, 0.3) is 0 Å². The summed E-state index contributed by atoms with van der Waals surface area (Å²) >= 11 is 0. The SMILES string of the molecule is CCCO[C@]1(C2([C@H]3CC[C@H](CCC)CC3)CCCCC2)C=C[C@@H](COC[C@H]2C=C[C@@](OCCC)(C3([C@H]4CC[C@H](CCC)CC4)CCCCC3)C=C2)C=C1. The number of hydrogen-bond acceptors (Lipinski definition) is 3. The number of ether oxygens (including phenoxy) is 3. The van der Waals surface area contributed by atoms with Crippen molar-refractivity contribution in [3.05, 3.63) is 48.6 Å². The molecule has 53 heavy (non-hydrogen) atoms. The summed E-state index contributed by atoms with van der Waals surface area (Å²) in [4.78, 5) is 0. The van der Waals surface area contributed by atoms with Crippen LogP contribution in [0.5, 0.6) is 0 Å². The summed E-state index contributed by atoms with van der Waals surface area (Å²) in [7, 11) is 0. The summed E-state index contributed by atoms with van der Waals surface area (Å²) in [6.07, 6.45) is 52.4. The van der Waals surface area contributed by atoms with Crippen LogP contribution in [0.15, 0.2) is 48.6 Å². The van der Waals surface area contributed by atoms with Crippen LogP contribution in [0, 0.1) is 46.3 Å². The van der Waals surface area contributed by atoms with Crippen molar-refractivity contribution in [3.8, 4) is 0 Å². The van der Waals surface area contributed by atoms with Gasteiger partial charge in [0, 0.05) is 35.9 Å². The minimum Gasteiger partial charge on any atom is -0.380 e. The highest BCUT2D eigenvalue weighted by Crippen LogP contribution is 2.60.